The van der Waals surface area contributed by atoms with Crippen LogP contribution in [0.1, 0.15) is 50.6 Å². The number of aliphatic hydroxyl groups excluding tert-OH is 1. The predicted octanol–water partition coefficient (Wildman–Crippen LogP) is 3.96. The van der Waals surface area contributed by atoms with Crippen LogP contribution < -0.4 is 0 Å². The number of aliphatic hydroxyl groups is 1. The summed E-state index contributed by atoms with van der Waals surface area (Å²) in [6.07, 6.45) is 5.13. The summed E-state index contributed by atoms with van der Waals surface area (Å²) < 4.78 is 0. The normalized spacial score (nSPS) is 22.8. The quantitative estimate of drug-likeness (QED) is 0.911. The first-order chi connectivity index (χ1) is 11.0. The zero-order chi connectivity index (χ0) is 16.6. The van der Waals surface area contributed by atoms with Gasteiger partial charge < -0.3 is 10.0 Å². The van der Waals surface area contributed by atoms with E-state index in [2.05, 4.69) is 0 Å². The molecule has 1 saturated carbocycles. The molecule has 1 atom stereocenters. The Morgan fingerprint density at radius 1 is 1.17 bits per heavy atom. The van der Waals surface area contributed by atoms with Gasteiger partial charge in [-0.15, -0.1) is 0 Å². The molecule has 3 rings (SSSR count). The van der Waals surface area contributed by atoms with Crippen LogP contribution in [-0.4, -0.2) is 27.7 Å². The molecule has 0 saturated heterocycles. The third-order valence-electron chi connectivity index (χ3n) is 4.78. The number of hydrogen-bond donors (Lipinski definition) is 1. The molecule has 0 spiro atoms. The minimum Gasteiger partial charge on any atom is -0.503 e. The van der Waals surface area contributed by atoms with Crippen molar-refractivity contribution in [1.29, 1.82) is 0 Å². The standard InChI is InChI=1S/C18H20ClNO3/c1-11(21)15-16(12-7-9-13(19)10-8-12)20(18(23)17(15)22)14-5-3-2-4-6-14/h7-10,14,16,22H,2-6H2,1H3/t16-/m1/s1. The fourth-order valence-electron chi connectivity index (χ4n) is 3.69. The van der Waals surface area contributed by atoms with Crippen molar-refractivity contribution in [3.05, 3.63) is 46.2 Å². The molecule has 1 aromatic carbocycles. The van der Waals surface area contributed by atoms with Gasteiger partial charge in [0.1, 0.15) is 0 Å². The van der Waals surface area contributed by atoms with E-state index in [1.807, 2.05) is 12.1 Å². The first-order valence-corrected chi connectivity index (χ1v) is 8.40. The summed E-state index contributed by atoms with van der Waals surface area (Å²) in [4.78, 5) is 26.4. The lowest BCUT2D eigenvalue weighted by Gasteiger charge is -2.36. The third-order valence-corrected chi connectivity index (χ3v) is 5.03. The average Bonchev–Trinajstić information content (AvgIpc) is 2.81. The molecule has 122 valence electrons. The van der Waals surface area contributed by atoms with Gasteiger partial charge in [-0.05, 0) is 37.5 Å². The van der Waals surface area contributed by atoms with Crippen molar-refractivity contribution in [1.82, 2.24) is 4.90 Å². The molecule has 1 aliphatic heterocycles. The highest BCUT2D eigenvalue weighted by Gasteiger charge is 2.45. The largest absolute Gasteiger partial charge is 0.503 e. The number of benzene rings is 1. The van der Waals surface area contributed by atoms with Gasteiger partial charge in [0.2, 0.25) is 0 Å². The number of ketones is 1. The Morgan fingerprint density at radius 3 is 2.35 bits per heavy atom. The van der Waals surface area contributed by atoms with Gasteiger partial charge in [0.15, 0.2) is 11.5 Å². The third kappa shape index (κ3) is 2.88. The van der Waals surface area contributed by atoms with E-state index in [4.69, 9.17) is 11.6 Å². The number of carbonyl (C=O) groups is 2. The van der Waals surface area contributed by atoms with Crippen molar-refractivity contribution >= 4 is 23.3 Å². The van der Waals surface area contributed by atoms with E-state index in [1.165, 1.54) is 13.3 Å². The number of Topliss-reactive ketones (excluding diaryl/α,β-unsaturated/α-hetero) is 1. The van der Waals surface area contributed by atoms with Crippen LogP contribution in [-0.2, 0) is 9.59 Å². The van der Waals surface area contributed by atoms with Crippen LogP contribution >= 0.6 is 11.6 Å². The van der Waals surface area contributed by atoms with Gasteiger partial charge in [-0.25, -0.2) is 0 Å². The molecular weight excluding hydrogens is 314 g/mol. The highest BCUT2D eigenvalue weighted by molar-refractivity contribution is 6.30. The van der Waals surface area contributed by atoms with Gasteiger partial charge in [-0.1, -0.05) is 43.0 Å². The second-order valence-electron chi connectivity index (χ2n) is 6.28. The fraction of sp³-hybridized carbons (Fsp3) is 0.444. The van der Waals surface area contributed by atoms with Crippen LogP contribution in [0.2, 0.25) is 5.02 Å². The smallest absolute Gasteiger partial charge is 0.290 e. The Kier molecular flexibility index (Phi) is 4.44. The summed E-state index contributed by atoms with van der Waals surface area (Å²) in [6, 6.07) is 6.67. The molecular formula is C18H20ClNO3. The second-order valence-corrected chi connectivity index (χ2v) is 6.71. The molecule has 23 heavy (non-hydrogen) atoms. The molecule has 1 amide bonds. The van der Waals surface area contributed by atoms with E-state index >= 15 is 0 Å². The molecule has 1 aromatic rings. The summed E-state index contributed by atoms with van der Waals surface area (Å²) in [5, 5.41) is 10.9. The van der Waals surface area contributed by atoms with E-state index in [9.17, 15) is 14.7 Å². The second kappa shape index (κ2) is 6.36. The van der Waals surface area contributed by atoms with Crippen molar-refractivity contribution in [2.24, 2.45) is 0 Å². The van der Waals surface area contributed by atoms with E-state index in [0.717, 1.165) is 31.2 Å². The number of rotatable bonds is 3. The molecule has 1 N–H and O–H groups in total. The Labute approximate surface area is 140 Å². The number of nitrogens with zero attached hydrogens (tertiary/aromatic N) is 1. The Morgan fingerprint density at radius 2 is 1.78 bits per heavy atom. The molecule has 1 fully saturated rings. The molecule has 0 aromatic heterocycles. The molecule has 1 heterocycles. The Balaban J connectivity index is 2.05. The zero-order valence-electron chi connectivity index (χ0n) is 13.1. The topological polar surface area (TPSA) is 57.6 Å². The minimum absolute atomic E-state index is 0.0657. The van der Waals surface area contributed by atoms with E-state index in [-0.39, 0.29) is 17.4 Å². The van der Waals surface area contributed by atoms with Gasteiger partial charge in [0.25, 0.3) is 5.91 Å². The fourth-order valence-corrected chi connectivity index (χ4v) is 3.82. The summed E-state index contributed by atoms with van der Waals surface area (Å²) in [5.41, 5.74) is 1.01. The number of hydrogen-bond acceptors (Lipinski definition) is 3. The maximum atomic E-state index is 12.6. The lowest BCUT2D eigenvalue weighted by Crippen LogP contribution is -2.41. The lowest BCUT2D eigenvalue weighted by atomic mass is 9.90. The van der Waals surface area contributed by atoms with Gasteiger partial charge in [-0.3, -0.25) is 9.59 Å². The lowest BCUT2D eigenvalue weighted by molar-refractivity contribution is -0.132. The molecule has 4 nitrogen and oxygen atoms in total. The van der Waals surface area contributed by atoms with Gasteiger partial charge in [-0.2, -0.15) is 0 Å². The maximum Gasteiger partial charge on any atom is 0.290 e. The van der Waals surface area contributed by atoms with Crippen LogP contribution in [0.4, 0.5) is 0 Å². The van der Waals surface area contributed by atoms with Gasteiger partial charge in [0.05, 0.1) is 11.6 Å². The first kappa shape index (κ1) is 16.1. The average molecular weight is 334 g/mol. The molecule has 5 heteroatoms. The summed E-state index contributed by atoms with van der Waals surface area (Å²) >= 11 is 5.95. The first-order valence-electron chi connectivity index (χ1n) is 8.03. The van der Waals surface area contributed by atoms with Crippen LogP contribution in [0.3, 0.4) is 0 Å². The Bertz CT molecular complexity index is 659. The van der Waals surface area contributed by atoms with Crippen LogP contribution in [0.25, 0.3) is 0 Å². The molecule has 0 bridgehead atoms. The van der Waals surface area contributed by atoms with E-state index in [1.54, 1.807) is 17.0 Å². The van der Waals surface area contributed by atoms with E-state index < -0.39 is 17.7 Å². The van der Waals surface area contributed by atoms with Gasteiger partial charge in [0, 0.05) is 11.1 Å². The molecule has 0 radical (unpaired) electrons. The minimum atomic E-state index is -0.514. The SMILES string of the molecule is CC(=O)C1=C(O)C(=O)N(C2CCCCC2)[C@@H]1c1ccc(Cl)cc1. The maximum absolute atomic E-state index is 12.6. The number of carbonyl (C=O) groups excluding carboxylic acids is 2. The number of halogens is 1. The van der Waals surface area contributed by atoms with Crippen LogP contribution in [0.5, 0.6) is 0 Å². The molecule has 2 aliphatic rings. The zero-order valence-corrected chi connectivity index (χ0v) is 13.8. The van der Waals surface area contributed by atoms with Crippen molar-refractivity contribution in [2.45, 2.75) is 51.1 Å². The van der Waals surface area contributed by atoms with Gasteiger partial charge >= 0.3 is 0 Å². The summed E-state index contributed by atoms with van der Waals surface area (Å²) in [5.74, 6) is -1.10. The highest BCUT2D eigenvalue weighted by atomic mass is 35.5. The predicted molar refractivity (Wildman–Crippen MR) is 88.2 cm³/mol. The van der Waals surface area contributed by atoms with Crippen molar-refractivity contribution in [3.8, 4) is 0 Å². The number of amides is 1. The molecule has 1 aliphatic carbocycles. The van der Waals surface area contributed by atoms with Crippen molar-refractivity contribution in [2.75, 3.05) is 0 Å². The Hall–Kier alpha value is -1.81. The van der Waals surface area contributed by atoms with Crippen molar-refractivity contribution in [3.63, 3.8) is 0 Å². The van der Waals surface area contributed by atoms with Crippen LogP contribution in [0.15, 0.2) is 35.6 Å². The highest BCUT2D eigenvalue weighted by Crippen LogP contribution is 2.41. The summed E-state index contributed by atoms with van der Waals surface area (Å²) in [6.45, 7) is 1.39. The van der Waals surface area contributed by atoms with Crippen LogP contribution in [0, 0.1) is 0 Å². The summed E-state index contributed by atoms with van der Waals surface area (Å²) in [7, 11) is 0. The van der Waals surface area contributed by atoms with Crippen molar-refractivity contribution < 1.29 is 14.7 Å². The molecule has 0 unspecified atom stereocenters. The monoisotopic (exact) mass is 333 g/mol. The van der Waals surface area contributed by atoms with E-state index in [0.29, 0.717) is 5.02 Å².